The molecule has 0 saturated carbocycles. The molecule has 2 amide bonds. The van der Waals surface area contributed by atoms with E-state index >= 15 is 0 Å². The number of nitrogens with zero attached hydrogens (tertiary/aromatic N) is 1. The van der Waals surface area contributed by atoms with Crippen LogP contribution in [0.25, 0.3) is 0 Å². The molecule has 0 aromatic heterocycles. The smallest absolute Gasteiger partial charge is 0.229 e. The summed E-state index contributed by atoms with van der Waals surface area (Å²) in [5, 5.41) is 3.30. The van der Waals surface area contributed by atoms with Gasteiger partial charge in [-0.1, -0.05) is 35.3 Å². The van der Waals surface area contributed by atoms with Crippen LogP contribution in [0.3, 0.4) is 0 Å². The van der Waals surface area contributed by atoms with Gasteiger partial charge in [-0.3, -0.25) is 9.59 Å². The maximum Gasteiger partial charge on any atom is 0.229 e. The van der Waals surface area contributed by atoms with E-state index in [4.69, 9.17) is 23.2 Å². The van der Waals surface area contributed by atoms with Gasteiger partial charge in [0.05, 0.1) is 10.9 Å². The first-order valence-electron chi connectivity index (χ1n) is 8.20. The normalized spacial score (nSPS) is 16.8. The number of halogens is 3. The van der Waals surface area contributed by atoms with E-state index in [9.17, 15) is 14.0 Å². The van der Waals surface area contributed by atoms with Crippen molar-refractivity contribution in [3.05, 3.63) is 63.9 Å². The quantitative estimate of drug-likeness (QED) is 0.827. The van der Waals surface area contributed by atoms with Crippen LogP contribution in [0.1, 0.15) is 12.0 Å². The zero-order valence-corrected chi connectivity index (χ0v) is 15.4. The Balaban J connectivity index is 1.55. The molecule has 136 valence electrons. The summed E-state index contributed by atoms with van der Waals surface area (Å²) in [7, 11) is 0. The predicted octanol–water partition coefficient (Wildman–Crippen LogP) is 4.16. The van der Waals surface area contributed by atoms with Crippen molar-refractivity contribution in [2.75, 3.05) is 18.4 Å². The van der Waals surface area contributed by atoms with Gasteiger partial charge < -0.3 is 10.2 Å². The fourth-order valence-electron chi connectivity index (χ4n) is 2.90. The first kappa shape index (κ1) is 18.7. The molecular formula is C19H17Cl2FN2O2. The summed E-state index contributed by atoms with van der Waals surface area (Å²) in [5.74, 6) is -1.29. The Hall–Kier alpha value is -2.11. The van der Waals surface area contributed by atoms with E-state index in [0.29, 0.717) is 30.2 Å². The molecule has 1 fully saturated rings. The highest BCUT2D eigenvalue weighted by Crippen LogP contribution is 2.23. The number of hydrogen-bond donors (Lipinski definition) is 1. The van der Waals surface area contributed by atoms with Crippen molar-refractivity contribution in [3.63, 3.8) is 0 Å². The molecule has 1 heterocycles. The van der Waals surface area contributed by atoms with Crippen LogP contribution in [-0.4, -0.2) is 29.8 Å². The maximum absolute atomic E-state index is 13.2. The number of carbonyl (C=O) groups excluding carboxylic acids is 2. The Kier molecular flexibility index (Phi) is 5.79. The minimum atomic E-state index is -0.547. The van der Waals surface area contributed by atoms with Crippen LogP contribution in [-0.2, 0) is 16.0 Å². The monoisotopic (exact) mass is 394 g/mol. The van der Waals surface area contributed by atoms with Gasteiger partial charge in [0.25, 0.3) is 0 Å². The van der Waals surface area contributed by atoms with Crippen molar-refractivity contribution >= 4 is 40.7 Å². The number of benzene rings is 2. The lowest BCUT2D eigenvalue weighted by Gasteiger charge is -2.16. The molecular weight excluding hydrogens is 378 g/mol. The van der Waals surface area contributed by atoms with Gasteiger partial charge >= 0.3 is 0 Å². The lowest BCUT2D eigenvalue weighted by molar-refractivity contribution is -0.128. The summed E-state index contributed by atoms with van der Waals surface area (Å²) in [6.45, 7) is 0.916. The molecule has 7 heteroatoms. The summed E-state index contributed by atoms with van der Waals surface area (Å²) < 4.78 is 13.2. The average molecular weight is 395 g/mol. The molecule has 1 N–H and O–H groups in total. The van der Waals surface area contributed by atoms with Crippen molar-refractivity contribution in [2.24, 2.45) is 5.92 Å². The van der Waals surface area contributed by atoms with Gasteiger partial charge in [0.2, 0.25) is 11.8 Å². The van der Waals surface area contributed by atoms with E-state index < -0.39 is 11.7 Å². The number of anilines is 1. The number of nitrogens with one attached hydrogen (secondary N) is 1. The summed E-state index contributed by atoms with van der Waals surface area (Å²) in [4.78, 5) is 26.2. The zero-order valence-electron chi connectivity index (χ0n) is 13.8. The molecule has 1 unspecified atom stereocenters. The highest BCUT2D eigenvalue weighted by Gasteiger charge is 2.34. The van der Waals surface area contributed by atoms with Crippen LogP contribution in [0.15, 0.2) is 42.5 Å². The summed E-state index contributed by atoms with van der Waals surface area (Å²) >= 11 is 11.6. The van der Waals surface area contributed by atoms with E-state index in [1.165, 1.54) is 18.2 Å². The molecule has 4 nitrogen and oxygen atoms in total. The minimum absolute atomic E-state index is 0.0451. The highest BCUT2D eigenvalue weighted by molar-refractivity contribution is 6.31. The van der Waals surface area contributed by atoms with E-state index in [2.05, 4.69) is 5.32 Å². The van der Waals surface area contributed by atoms with Crippen LogP contribution < -0.4 is 5.32 Å². The third kappa shape index (κ3) is 4.54. The third-order valence-electron chi connectivity index (χ3n) is 4.36. The van der Waals surface area contributed by atoms with E-state index in [1.54, 1.807) is 4.90 Å². The summed E-state index contributed by atoms with van der Waals surface area (Å²) in [6, 6.07) is 11.4. The molecule has 0 aliphatic carbocycles. The van der Waals surface area contributed by atoms with Crippen LogP contribution in [0, 0.1) is 11.7 Å². The largest absolute Gasteiger partial charge is 0.342 e. The molecule has 1 aliphatic rings. The lowest BCUT2D eigenvalue weighted by atomic mass is 10.1. The van der Waals surface area contributed by atoms with Gasteiger partial charge in [-0.15, -0.1) is 0 Å². The first-order valence-corrected chi connectivity index (χ1v) is 8.96. The molecule has 2 aromatic rings. The van der Waals surface area contributed by atoms with E-state index in [-0.39, 0.29) is 23.3 Å². The Labute approximate surface area is 160 Å². The number of hydrogen-bond acceptors (Lipinski definition) is 2. The van der Waals surface area contributed by atoms with E-state index in [1.807, 2.05) is 24.3 Å². The Morgan fingerprint density at radius 1 is 1.19 bits per heavy atom. The molecule has 1 saturated heterocycles. The second-order valence-corrected chi connectivity index (χ2v) is 7.08. The predicted molar refractivity (Wildman–Crippen MR) is 99.9 cm³/mol. The van der Waals surface area contributed by atoms with Crippen LogP contribution in [0.2, 0.25) is 10.0 Å². The van der Waals surface area contributed by atoms with Gasteiger partial charge in [0.1, 0.15) is 5.82 Å². The molecule has 26 heavy (non-hydrogen) atoms. The average Bonchev–Trinajstić information content (AvgIpc) is 2.99. The maximum atomic E-state index is 13.2. The molecule has 0 spiro atoms. The van der Waals surface area contributed by atoms with Gasteiger partial charge in [0, 0.05) is 30.2 Å². The van der Waals surface area contributed by atoms with Crippen molar-refractivity contribution in [1.82, 2.24) is 4.90 Å². The van der Waals surface area contributed by atoms with Gasteiger partial charge in [-0.25, -0.2) is 4.39 Å². The van der Waals surface area contributed by atoms with Crippen LogP contribution in [0.4, 0.5) is 10.1 Å². The lowest BCUT2D eigenvalue weighted by Crippen LogP contribution is -2.30. The molecule has 3 rings (SSSR count). The fourth-order valence-corrected chi connectivity index (χ4v) is 3.20. The van der Waals surface area contributed by atoms with Crippen molar-refractivity contribution in [2.45, 2.75) is 12.8 Å². The Bertz CT molecular complexity index is 827. The number of rotatable bonds is 5. The molecule has 1 aliphatic heterocycles. The molecule has 0 radical (unpaired) electrons. The summed E-state index contributed by atoms with van der Waals surface area (Å²) in [5.41, 5.74) is 1.49. The number of carbonyl (C=O) groups is 2. The van der Waals surface area contributed by atoms with Crippen molar-refractivity contribution in [3.8, 4) is 0 Å². The number of likely N-dealkylation sites (tertiary alicyclic amines) is 1. The zero-order chi connectivity index (χ0) is 18.7. The first-order chi connectivity index (χ1) is 12.4. The SMILES string of the molecule is O=C(Nc1ccc(F)c(Cl)c1)C1CC(=O)N(CCc2ccc(Cl)cc2)C1. The third-order valence-corrected chi connectivity index (χ3v) is 4.90. The second kappa shape index (κ2) is 8.06. The second-order valence-electron chi connectivity index (χ2n) is 6.24. The Morgan fingerprint density at radius 2 is 1.92 bits per heavy atom. The molecule has 2 aromatic carbocycles. The number of amides is 2. The van der Waals surface area contributed by atoms with Gasteiger partial charge in [0.15, 0.2) is 0 Å². The summed E-state index contributed by atoms with van der Waals surface area (Å²) in [6.07, 6.45) is 0.867. The van der Waals surface area contributed by atoms with Crippen LogP contribution in [0.5, 0.6) is 0 Å². The van der Waals surface area contributed by atoms with E-state index in [0.717, 1.165) is 5.56 Å². The topological polar surface area (TPSA) is 49.4 Å². The Morgan fingerprint density at radius 3 is 2.62 bits per heavy atom. The highest BCUT2D eigenvalue weighted by atomic mass is 35.5. The van der Waals surface area contributed by atoms with Gasteiger partial charge in [-0.05, 0) is 42.3 Å². The standard InChI is InChI=1S/C19H17Cl2FN2O2/c20-14-3-1-12(2-4-14)7-8-24-11-13(9-18(24)25)19(26)23-15-5-6-17(22)16(21)10-15/h1-6,10,13H,7-9,11H2,(H,23,26). The van der Waals surface area contributed by atoms with Crippen LogP contribution >= 0.6 is 23.2 Å². The molecule has 0 bridgehead atoms. The van der Waals surface area contributed by atoms with Gasteiger partial charge in [-0.2, -0.15) is 0 Å². The fraction of sp³-hybridized carbons (Fsp3) is 0.263. The molecule has 1 atom stereocenters. The van der Waals surface area contributed by atoms with Crippen molar-refractivity contribution in [1.29, 1.82) is 0 Å². The minimum Gasteiger partial charge on any atom is -0.342 e. The van der Waals surface area contributed by atoms with Crippen molar-refractivity contribution < 1.29 is 14.0 Å².